The van der Waals surface area contributed by atoms with Gasteiger partial charge in [-0.2, -0.15) is 0 Å². The number of likely N-dealkylation sites (tertiary alicyclic amines) is 1. The van der Waals surface area contributed by atoms with E-state index in [0.717, 1.165) is 19.6 Å². The number of aliphatic hydroxyl groups is 1. The predicted molar refractivity (Wildman–Crippen MR) is 81.8 cm³/mol. The van der Waals surface area contributed by atoms with Crippen LogP contribution < -0.4 is 5.32 Å². The Morgan fingerprint density at radius 2 is 2.00 bits per heavy atom. The topological polar surface area (TPSA) is 35.5 Å². The van der Waals surface area contributed by atoms with E-state index >= 15 is 0 Å². The van der Waals surface area contributed by atoms with Gasteiger partial charge in [-0.05, 0) is 50.3 Å². The zero-order valence-corrected chi connectivity index (χ0v) is 12.4. The molecule has 1 aromatic carbocycles. The summed E-state index contributed by atoms with van der Waals surface area (Å²) in [6.45, 7) is 3.50. The minimum Gasteiger partial charge on any atom is -0.394 e. The van der Waals surface area contributed by atoms with E-state index in [1.165, 1.54) is 24.8 Å². The van der Waals surface area contributed by atoms with Crippen LogP contribution in [0.3, 0.4) is 0 Å². The molecule has 2 N–H and O–H groups in total. The van der Waals surface area contributed by atoms with Gasteiger partial charge in [0.2, 0.25) is 0 Å². The standard InChI is InChI=1S/C17H26N2O/c1-18-17(13-20,16-7-8-16)12-19-10-9-15(11-19)14-5-3-2-4-6-14/h2-6,15-16,18,20H,7-13H2,1H3. The minimum atomic E-state index is -0.0778. The average molecular weight is 274 g/mol. The SMILES string of the molecule is CNC(CO)(CN1CCC(c2ccccc2)C1)C1CC1. The summed E-state index contributed by atoms with van der Waals surface area (Å²) < 4.78 is 0. The van der Waals surface area contributed by atoms with Crippen molar-refractivity contribution in [3.05, 3.63) is 35.9 Å². The Labute approximate surface area is 122 Å². The van der Waals surface area contributed by atoms with E-state index in [1.54, 1.807) is 0 Å². The quantitative estimate of drug-likeness (QED) is 0.831. The third-order valence-electron chi connectivity index (χ3n) is 5.19. The molecule has 1 saturated carbocycles. The average Bonchev–Trinajstić information content (AvgIpc) is 3.26. The first-order valence-corrected chi connectivity index (χ1v) is 7.84. The summed E-state index contributed by atoms with van der Waals surface area (Å²) in [5, 5.41) is 13.3. The van der Waals surface area contributed by atoms with Crippen LogP contribution in [-0.2, 0) is 0 Å². The maximum atomic E-state index is 9.84. The lowest BCUT2D eigenvalue weighted by molar-refractivity contribution is 0.106. The minimum absolute atomic E-state index is 0.0778. The molecular weight excluding hydrogens is 248 g/mol. The smallest absolute Gasteiger partial charge is 0.0628 e. The van der Waals surface area contributed by atoms with Crippen molar-refractivity contribution in [2.24, 2.45) is 5.92 Å². The number of nitrogens with zero attached hydrogens (tertiary/aromatic N) is 1. The van der Waals surface area contributed by atoms with E-state index < -0.39 is 0 Å². The van der Waals surface area contributed by atoms with Crippen molar-refractivity contribution in [3.63, 3.8) is 0 Å². The van der Waals surface area contributed by atoms with E-state index in [4.69, 9.17) is 0 Å². The summed E-state index contributed by atoms with van der Waals surface area (Å²) in [4.78, 5) is 2.53. The molecular formula is C17H26N2O. The number of nitrogens with one attached hydrogen (secondary N) is 1. The number of hydrogen-bond acceptors (Lipinski definition) is 3. The Balaban J connectivity index is 1.62. The molecule has 0 bridgehead atoms. The summed E-state index contributed by atoms with van der Waals surface area (Å²) in [6, 6.07) is 10.8. The first-order valence-electron chi connectivity index (χ1n) is 7.84. The highest BCUT2D eigenvalue weighted by molar-refractivity contribution is 5.21. The molecule has 3 rings (SSSR count). The number of benzene rings is 1. The molecule has 20 heavy (non-hydrogen) atoms. The highest BCUT2D eigenvalue weighted by atomic mass is 16.3. The molecule has 0 spiro atoms. The summed E-state index contributed by atoms with van der Waals surface area (Å²) in [7, 11) is 2.00. The van der Waals surface area contributed by atoms with Crippen LogP contribution in [-0.4, -0.2) is 48.8 Å². The monoisotopic (exact) mass is 274 g/mol. The van der Waals surface area contributed by atoms with Crippen molar-refractivity contribution in [2.45, 2.75) is 30.7 Å². The Hall–Kier alpha value is -0.900. The van der Waals surface area contributed by atoms with Gasteiger partial charge in [0.05, 0.1) is 12.1 Å². The first-order chi connectivity index (χ1) is 9.77. The summed E-state index contributed by atoms with van der Waals surface area (Å²) in [6.07, 6.45) is 3.76. The molecule has 2 atom stereocenters. The summed E-state index contributed by atoms with van der Waals surface area (Å²) >= 11 is 0. The van der Waals surface area contributed by atoms with Crippen molar-refractivity contribution < 1.29 is 5.11 Å². The zero-order chi connectivity index (χ0) is 14.0. The van der Waals surface area contributed by atoms with Gasteiger partial charge in [0.15, 0.2) is 0 Å². The molecule has 1 saturated heterocycles. The Bertz CT molecular complexity index is 426. The van der Waals surface area contributed by atoms with E-state index in [0.29, 0.717) is 11.8 Å². The molecule has 3 heteroatoms. The molecule has 0 radical (unpaired) electrons. The molecule has 2 aliphatic rings. The molecule has 3 nitrogen and oxygen atoms in total. The van der Waals surface area contributed by atoms with Gasteiger partial charge in [0.1, 0.15) is 0 Å². The lowest BCUT2D eigenvalue weighted by Crippen LogP contribution is -2.56. The van der Waals surface area contributed by atoms with Crippen molar-refractivity contribution in [3.8, 4) is 0 Å². The van der Waals surface area contributed by atoms with Gasteiger partial charge >= 0.3 is 0 Å². The second kappa shape index (κ2) is 5.84. The molecule has 1 heterocycles. The molecule has 2 unspecified atom stereocenters. The van der Waals surface area contributed by atoms with Crippen molar-refractivity contribution in [2.75, 3.05) is 33.3 Å². The molecule has 1 aromatic rings. The van der Waals surface area contributed by atoms with Gasteiger partial charge in [0, 0.05) is 13.1 Å². The molecule has 110 valence electrons. The third-order valence-corrected chi connectivity index (χ3v) is 5.19. The van der Waals surface area contributed by atoms with Crippen LogP contribution in [0.15, 0.2) is 30.3 Å². The van der Waals surface area contributed by atoms with Crippen LogP contribution in [0.25, 0.3) is 0 Å². The molecule has 2 fully saturated rings. The molecule has 1 aliphatic heterocycles. The second-order valence-corrected chi connectivity index (χ2v) is 6.47. The first kappa shape index (κ1) is 14.1. The number of likely N-dealkylation sites (N-methyl/N-ethyl adjacent to an activating group) is 1. The van der Waals surface area contributed by atoms with Crippen LogP contribution >= 0.6 is 0 Å². The van der Waals surface area contributed by atoms with Crippen LogP contribution in [0.4, 0.5) is 0 Å². The Kier molecular flexibility index (Phi) is 4.11. The number of hydrogen-bond donors (Lipinski definition) is 2. The van der Waals surface area contributed by atoms with Crippen LogP contribution in [0, 0.1) is 5.92 Å². The van der Waals surface area contributed by atoms with E-state index in [-0.39, 0.29) is 12.1 Å². The number of rotatable bonds is 6. The predicted octanol–water partition coefficient (Wildman–Crippen LogP) is 1.84. The Morgan fingerprint density at radius 1 is 1.25 bits per heavy atom. The van der Waals surface area contributed by atoms with Gasteiger partial charge in [0.25, 0.3) is 0 Å². The van der Waals surface area contributed by atoms with Crippen molar-refractivity contribution >= 4 is 0 Å². The van der Waals surface area contributed by atoms with E-state index in [9.17, 15) is 5.11 Å². The lowest BCUT2D eigenvalue weighted by Gasteiger charge is -2.36. The van der Waals surface area contributed by atoms with Gasteiger partial charge in [-0.15, -0.1) is 0 Å². The normalized spacial score (nSPS) is 26.6. The molecule has 0 aromatic heterocycles. The van der Waals surface area contributed by atoms with Gasteiger partial charge < -0.3 is 15.3 Å². The van der Waals surface area contributed by atoms with Gasteiger partial charge in [-0.25, -0.2) is 0 Å². The fraction of sp³-hybridized carbons (Fsp3) is 0.647. The fourth-order valence-corrected chi connectivity index (χ4v) is 3.68. The summed E-state index contributed by atoms with van der Waals surface area (Å²) in [5.74, 6) is 1.32. The number of aliphatic hydroxyl groups excluding tert-OH is 1. The fourth-order valence-electron chi connectivity index (χ4n) is 3.68. The zero-order valence-electron chi connectivity index (χ0n) is 12.4. The maximum absolute atomic E-state index is 9.84. The lowest BCUT2D eigenvalue weighted by atomic mass is 9.93. The molecule has 0 amide bonds. The summed E-state index contributed by atoms with van der Waals surface area (Å²) in [5.41, 5.74) is 1.38. The van der Waals surface area contributed by atoms with Gasteiger partial charge in [-0.3, -0.25) is 0 Å². The van der Waals surface area contributed by atoms with E-state index in [2.05, 4.69) is 40.5 Å². The van der Waals surface area contributed by atoms with Crippen LogP contribution in [0.2, 0.25) is 0 Å². The second-order valence-electron chi connectivity index (χ2n) is 6.47. The highest BCUT2D eigenvalue weighted by Crippen LogP contribution is 2.40. The van der Waals surface area contributed by atoms with Gasteiger partial charge in [-0.1, -0.05) is 30.3 Å². The van der Waals surface area contributed by atoms with E-state index in [1.807, 2.05) is 7.05 Å². The van der Waals surface area contributed by atoms with Crippen molar-refractivity contribution in [1.29, 1.82) is 0 Å². The maximum Gasteiger partial charge on any atom is 0.0628 e. The largest absolute Gasteiger partial charge is 0.394 e. The third kappa shape index (κ3) is 2.76. The van der Waals surface area contributed by atoms with Crippen LogP contribution in [0.1, 0.15) is 30.7 Å². The van der Waals surface area contributed by atoms with Crippen LogP contribution in [0.5, 0.6) is 0 Å². The van der Waals surface area contributed by atoms with Crippen molar-refractivity contribution in [1.82, 2.24) is 10.2 Å². The molecule has 1 aliphatic carbocycles. The Morgan fingerprint density at radius 3 is 2.60 bits per heavy atom. The highest BCUT2D eigenvalue weighted by Gasteiger charge is 2.45.